The van der Waals surface area contributed by atoms with Gasteiger partial charge in [-0.2, -0.15) is 5.10 Å². The predicted octanol–water partition coefficient (Wildman–Crippen LogP) is 2.31. The van der Waals surface area contributed by atoms with E-state index in [0.717, 1.165) is 23.5 Å². The minimum Gasteiger partial charge on any atom is -0.366 e. The van der Waals surface area contributed by atoms with Gasteiger partial charge >= 0.3 is 0 Å². The molecule has 4 rings (SSSR count). The third-order valence-electron chi connectivity index (χ3n) is 4.77. The van der Waals surface area contributed by atoms with Crippen LogP contribution in [0.15, 0.2) is 18.5 Å². The second-order valence-corrected chi connectivity index (χ2v) is 7.38. The fourth-order valence-corrected chi connectivity index (χ4v) is 3.73. The maximum absolute atomic E-state index is 12.6. The molecule has 2 aromatic heterocycles. The summed E-state index contributed by atoms with van der Waals surface area (Å²) in [6.07, 6.45) is 2.79. The number of ketones is 1. The number of Topliss-reactive ketones (excluding diaryl/α,β-unsaturated/α-hetero) is 1. The topological polar surface area (TPSA) is 107 Å². The van der Waals surface area contributed by atoms with Gasteiger partial charge in [0.1, 0.15) is 5.52 Å². The number of benzene rings is 1. The van der Waals surface area contributed by atoms with E-state index in [1.165, 1.54) is 6.33 Å². The number of aromatic amines is 1. The first-order valence-corrected chi connectivity index (χ1v) is 8.16. The van der Waals surface area contributed by atoms with Crippen molar-refractivity contribution in [2.24, 2.45) is 11.1 Å². The number of carbonyl (C=O) groups excluding carboxylic acids is 2. The molecular weight excluding hydrogens is 318 g/mol. The molecule has 0 fully saturated rings. The van der Waals surface area contributed by atoms with Crippen LogP contribution in [-0.4, -0.2) is 31.4 Å². The Labute approximate surface area is 144 Å². The Morgan fingerprint density at radius 1 is 1.32 bits per heavy atom. The molecule has 1 aliphatic carbocycles. The Bertz CT molecular complexity index is 1040. The lowest BCUT2D eigenvalue weighted by molar-refractivity contribution is 0.0909. The number of carbonyl (C=O) groups is 2. The van der Waals surface area contributed by atoms with E-state index in [-0.39, 0.29) is 11.2 Å². The molecule has 1 aliphatic rings. The van der Waals surface area contributed by atoms with Gasteiger partial charge in [-0.05, 0) is 30.9 Å². The van der Waals surface area contributed by atoms with Crippen molar-refractivity contribution in [3.05, 3.63) is 41.0 Å². The zero-order valence-corrected chi connectivity index (χ0v) is 14.4. The van der Waals surface area contributed by atoms with Crippen molar-refractivity contribution in [3.8, 4) is 5.69 Å². The van der Waals surface area contributed by atoms with E-state index in [2.05, 4.69) is 28.9 Å². The van der Waals surface area contributed by atoms with Gasteiger partial charge in [0, 0.05) is 6.42 Å². The fraction of sp³-hybridized carbons (Fsp3) is 0.333. The van der Waals surface area contributed by atoms with E-state index < -0.39 is 5.91 Å². The Hall–Kier alpha value is -2.96. The number of rotatable bonds is 2. The standard InChI is InChI=1S/C18H19N5O2/c1-9-14-12(6-18(2,3)7-13(14)24)23(22-9)11-5-4-10(17(19)25)15-16(11)21-8-20-15/h4-5,8H,6-7H2,1-3H3,(H2,19,25)(H,20,21). The molecule has 0 unspecified atom stereocenters. The first kappa shape index (κ1) is 15.6. The molecule has 0 atom stereocenters. The van der Waals surface area contributed by atoms with Gasteiger partial charge in [0.25, 0.3) is 5.91 Å². The number of aromatic nitrogens is 4. The molecule has 3 aromatic rings. The van der Waals surface area contributed by atoms with Gasteiger partial charge in [-0.1, -0.05) is 13.8 Å². The first-order valence-electron chi connectivity index (χ1n) is 8.16. The van der Waals surface area contributed by atoms with Crippen LogP contribution >= 0.6 is 0 Å². The van der Waals surface area contributed by atoms with Crippen LogP contribution in [0.4, 0.5) is 0 Å². The Balaban J connectivity index is 1.99. The number of hydrogen-bond acceptors (Lipinski definition) is 4. The van der Waals surface area contributed by atoms with E-state index in [1.807, 2.05) is 6.92 Å². The van der Waals surface area contributed by atoms with Crippen LogP contribution in [0.5, 0.6) is 0 Å². The van der Waals surface area contributed by atoms with Gasteiger partial charge < -0.3 is 10.7 Å². The Morgan fingerprint density at radius 2 is 2.08 bits per heavy atom. The number of hydrogen-bond donors (Lipinski definition) is 2. The molecule has 2 heterocycles. The summed E-state index contributed by atoms with van der Waals surface area (Å²) in [5.41, 5.74) is 9.95. The highest BCUT2D eigenvalue weighted by Crippen LogP contribution is 2.37. The quantitative estimate of drug-likeness (QED) is 0.748. The molecule has 1 amide bonds. The van der Waals surface area contributed by atoms with Crippen LogP contribution in [-0.2, 0) is 6.42 Å². The van der Waals surface area contributed by atoms with Crippen molar-refractivity contribution < 1.29 is 9.59 Å². The van der Waals surface area contributed by atoms with E-state index in [0.29, 0.717) is 28.6 Å². The van der Waals surface area contributed by atoms with Crippen LogP contribution in [0, 0.1) is 12.3 Å². The van der Waals surface area contributed by atoms with E-state index in [4.69, 9.17) is 5.73 Å². The molecule has 0 radical (unpaired) electrons. The van der Waals surface area contributed by atoms with Crippen molar-refractivity contribution in [1.29, 1.82) is 0 Å². The van der Waals surface area contributed by atoms with E-state index in [9.17, 15) is 9.59 Å². The smallest absolute Gasteiger partial charge is 0.250 e. The maximum atomic E-state index is 12.6. The van der Waals surface area contributed by atoms with Gasteiger partial charge in [-0.25, -0.2) is 9.67 Å². The number of aryl methyl sites for hydroxylation is 1. The van der Waals surface area contributed by atoms with E-state index >= 15 is 0 Å². The number of nitrogens with one attached hydrogen (secondary N) is 1. The lowest BCUT2D eigenvalue weighted by atomic mass is 9.75. The zero-order valence-electron chi connectivity index (χ0n) is 14.4. The van der Waals surface area contributed by atoms with Gasteiger partial charge in [0.2, 0.25) is 0 Å². The normalized spacial score (nSPS) is 16.2. The van der Waals surface area contributed by atoms with Crippen LogP contribution in [0.2, 0.25) is 0 Å². The lowest BCUT2D eigenvalue weighted by Gasteiger charge is -2.29. The number of imidazole rings is 1. The van der Waals surface area contributed by atoms with Crippen LogP contribution in [0.1, 0.15) is 52.4 Å². The molecule has 3 N–H and O–H groups in total. The molecule has 0 saturated heterocycles. The average Bonchev–Trinajstić information content (AvgIpc) is 3.10. The first-order chi connectivity index (χ1) is 11.8. The summed E-state index contributed by atoms with van der Waals surface area (Å²) in [5.74, 6) is -0.391. The van der Waals surface area contributed by atoms with Gasteiger partial charge in [0.15, 0.2) is 5.78 Å². The number of nitrogens with zero attached hydrogens (tertiary/aromatic N) is 3. The molecule has 1 aromatic carbocycles. The predicted molar refractivity (Wildman–Crippen MR) is 92.9 cm³/mol. The average molecular weight is 337 g/mol. The number of H-pyrrole nitrogens is 1. The van der Waals surface area contributed by atoms with Crippen molar-refractivity contribution in [2.45, 2.75) is 33.6 Å². The maximum Gasteiger partial charge on any atom is 0.250 e. The molecule has 0 aliphatic heterocycles. The summed E-state index contributed by atoms with van der Waals surface area (Å²) in [6, 6.07) is 3.44. The summed E-state index contributed by atoms with van der Waals surface area (Å²) in [7, 11) is 0. The van der Waals surface area contributed by atoms with Gasteiger partial charge in [-0.3, -0.25) is 9.59 Å². The number of primary amides is 1. The monoisotopic (exact) mass is 337 g/mol. The molecule has 25 heavy (non-hydrogen) atoms. The molecule has 0 saturated carbocycles. The summed E-state index contributed by atoms with van der Waals surface area (Å²) < 4.78 is 1.79. The number of nitrogens with two attached hydrogens (primary N) is 1. The third kappa shape index (κ3) is 2.26. The summed E-state index contributed by atoms with van der Waals surface area (Å²) in [5, 5.41) is 4.61. The minimum absolute atomic E-state index is 0.119. The largest absolute Gasteiger partial charge is 0.366 e. The summed E-state index contributed by atoms with van der Waals surface area (Å²) >= 11 is 0. The summed E-state index contributed by atoms with van der Waals surface area (Å²) in [6.45, 7) is 6.02. The van der Waals surface area contributed by atoms with Crippen molar-refractivity contribution in [3.63, 3.8) is 0 Å². The van der Waals surface area contributed by atoms with Crippen LogP contribution < -0.4 is 5.73 Å². The number of fused-ring (bicyclic) bond motifs is 2. The Morgan fingerprint density at radius 3 is 2.80 bits per heavy atom. The second kappa shape index (κ2) is 5.02. The van der Waals surface area contributed by atoms with Crippen molar-refractivity contribution in [2.75, 3.05) is 0 Å². The SMILES string of the molecule is Cc1nn(-c2ccc(C(N)=O)c3[nH]cnc23)c2c1C(=O)CC(C)(C)C2. The molecule has 0 spiro atoms. The van der Waals surface area contributed by atoms with Crippen LogP contribution in [0.25, 0.3) is 16.7 Å². The highest BCUT2D eigenvalue weighted by molar-refractivity contribution is 6.06. The second-order valence-electron chi connectivity index (χ2n) is 7.38. The fourth-order valence-electron chi connectivity index (χ4n) is 3.73. The van der Waals surface area contributed by atoms with E-state index in [1.54, 1.807) is 16.8 Å². The van der Waals surface area contributed by atoms with Crippen molar-refractivity contribution >= 4 is 22.7 Å². The lowest BCUT2D eigenvalue weighted by Crippen LogP contribution is -2.28. The molecule has 7 nitrogen and oxygen atoms in total. The summed E-state index contributed by atoms with van der Waals surface area (Å²) in [4.78, 5) is 31.5. The number of amides is 1. The molecule has 7 heteroatoms. The van der Waals surface area contributed by atoms with Gasteiger partial charge in [-0.15, -0.1) is 0 Å². The van der Waals surface area contributed by atoms with Gasteiger partial charge in [0.05, 0.1) is 40.0 Å². The van der Waals surface area contributed by atoms with Crippen LogP contribution in [0.3, 0.4) is 0 Å². The van der Waals surface area contributed by atoms with Crippen molar-refractivity contribution in [1.82, 2.24) is 19.7 Å². The molecule has 0 bridgehead atoms. The molecule has 128 valence electrons. The zero-order chi connectivity index (χ0) is 17.9. The highest BCUT2D eigenvalue weighted by atomic mass is 16.1. The third-order valence-corrected chi connectivity index (χ3v) is 4.77. The highest BCUT2D eigenvalue weighted by Gasteiger charge is 2.36. The molecular formula is C18H19N5O2. The minimum atomic E-state index is -0.518. The Kier molecular flexibility index (Phi) is 3.12.